The number of hydrogen-bond donors (Lipinski definition) is 1. The summed E-state index contributed by atoms with van der Waals surface area (Å²) in [6.07, 6.45) is 2.88. The number of aromatic nitrogens is 2. The van der Waals surface area contributed by atoms with Crippen LogP contribution in [0.5, 0.6) is 0 Å². The molecule has 0 aliphatic rings. The quantitative estimate of drug-likeness (QED) is 0.541. The van der Waals surface area contributed by atoms with E-state index in [4.69, 9.17) is 11.6 Å². The summed E-state index contributed by atoms with van der Waals surface area (Å²) in [6.45, 7) is -0.189. The topological polar surface area (TPSA) is 79.6 Å². The molecule has 0 aliphatic heterocycles. The molecular formula is C19H18ClN5O2. The molecule has 1 aromatic heterocycles. The van der Waals surface area contributed by atoms with Crippen molar-refractivity contribution in [3.63, 3.8) is 0 Å². The Morgan fingerprint density at radius 3 is 2.70 bits per heavy atom. The standard InChI is InChI=1S/C19H18ClN5O2/c1-24(2)15-6-3-13(4-7-15)10-22-23-18(26)11-25-12-21-17-8-5-14(20)9-16(17)19(25)27/h3-10,12H,11H2,1-2H3,(H,23,26)/b22-10+. The van der Waals surface area contributed by atoms with Gasteiger partial charge in [0.1, 0.15) is 6.54 Å². The molecule has 3 rings (SSSR count). The number of nitrogens with one attached hydrogen (secondary N) is 1. The van der Waals surface area contributed by atoms with Gasteiger partial charge in [-0.1, -0.05) is 23.7 Å². The van der Waals surface area contributed by atoms with Crippen LogP contribution >= 0.6 is 11.6 Å². The van der Waals surface area contributed by atoms with Crippen LogP contribution in [-0.2, 0) is 11.3 Å². The highest BCUT2D eigenvalue weighted by molar-refractivity contribution is 6.31. The lowest BCUT2D eigenvalue weighted by molar-refractivity contribution is -0.121. The molecule has 0 bridgehead atoms. The second-order valence-electron chi connectivity index (χ2n) is 6.12. The maximum atomic E-state index is 12.4. The van der Waals surface area contributed by atoms with Gasteiger partial charge in [-0.3, -0.25) is 14.2 Å². The van der Waals surface area contributed by atoms with Gasteiger partial charge in [0.05, 0.1) is 23.4 Å². The van der Waals surface area contributed by atoms with Crippen LogP contribution in [0.3, 0.4) is 0 Å². The van der Waals surface area contributed by atoms with E-state index in [1.54, 1.807) is 18.3 Å². The number of nitrogens with zero attached hydrogens (tertiary/aromatic N) is 4. The van der Waals surface area contributed by atoms with Gasteiger partial charge in [-0.25, -0.2) is 10.4 Å². The second-order valence-corrected chi connectivity index (χ2v) is 6.55. The number of hydrazone groups is 1. The Morgan fingerprint density at radius 2 is 2.00 bits per heavy atom. The largest absolute Gasteiger partial charge is 0.378 e. The van der Waals surface area contributed by atoms with Crippen LogP contribution in [0.2, 0.25) is 5.02 Å². The summed E-state index contributed by atoms with van der Waals surface area (Å²) in [5.74, 6) is -0.429. The molecule has 0 unspecified atom stereocenters. The van der Waals surface area contributed by atoms with E-state index in [0.29, 0.717) is 15.9 Å². The lowest BCUT2D eigenvalue weighted by Gasteiger charge is -2.11. The average molecular weight is 384 g/mol. The minimum absolute atomic E-state index is 0.189. The molecule has 1 heterocycles. The van der Waals surface area contributed by atoms with Crippen molar-refractivity contribution in [1.82, 2.24) is 15.0 Å². The van der Waals surface area contributed by atoms with E-state index < -0.39 is 5.91 Å². The number of hydrogen-bond acceptors (Lipinski definition) is 5. The first-order chi connectivity index (χ1) is 12.9. The van der Waals surface area contributed by atoms with Gasteiger partial charge in [-0.05, 0) is 35.9 Å². The van der Waals surface area contributed by atoms with Crippen molar-refractivity contribution in [2.45, 2.75) is 6.54 Å². The molecule has 0 atom stereocenters. The summed E-state index contributed by atoms with van der Waals surface area (Å²) >= 11 is 5.93. The highest BCUT2D eigenvalue weighted by Crippen LogP contribution is 2.14. The molecule has 0 spiro atoms. The minimum atomic E-state index is -0.429. The second kappa shape index (κ2) is 8.01. The summed E-state index contributed by atoms with van der Waals surface area (Å²) in [6, 6.07) is 12.6. The van der Waals surface area contributed by atoms with Crippen molar-refractivity contribution in [1.29, 1.82) is 0 Å². The lowest BCUT2D eigenvalue weighted by Crippen LogP contribution is -2.30. The monoisotopic (exact) mass is 383 g/mol. The van der Waals surface area contributed by atoms with E-state index in [2.05, 4.69) is 15.5 Å². The average Bonchev–Trinajstić information content (AvgIpc) is 2.65. The Morgan fingerprint density at radius 1 is 1.26 bits per heavy atom. The van der Waals surface area contributed by atoms with Gasteiger partial charge in [0.15, 0.2) is 0 Å². The maximum absolute atomic E-state index is 12.4. The number of carbonyl (C=O) groups excluding carboxylic acids is 1. The van der Waals surface area contributed by atoms with Crippen molar-refractivity contribution < 1.29 is 4.79 Å². The minimum Gasteiger partial charge on any atom is -0.378 e. The maximum Gasteiger partial charge on any atom is 0.261 e. The van der Waals surface area contributed by atoms with E-state index in [-0.39, 0.29) is 12.1 Å². The third-order valence-corrected chi connectivity index (χ3v) is 4.15. The van der Waals surface area contributed by atoms with E-state index >= 15 is 0 Å². The predicted molar refractivity (Wildman–Crippen MR) is 108 cm³/mol. The van der Waals surface area contributed by atoms with Gasteiger partial charge in [0.25, 0.3) is 11.5 Å². The van der Waals surface area contributed by atoms with E-state index in [1.165, 1.54) is 17.0 Å². The van der Waals surface area contributed by atoms with Crippen LogP contribution in [0.15, 0.2) is 58.7 Å². The van der Waals surface area contributed by atoms with Crippen LogP contribution < -0.4 is 15.9 Å². The zero-order chi connectivity index (χ0) is 19.4. The highest BCUT2D eigenvalue weighted by atomic mass is 35.5. The fourth-order valence-electron chi connectivity index (χ4n) is 2.47. The van der Waals surface area contributed by atoms with Crippen molar-refractivity contribution in [2.75, 3.05) is 19.0 Å². The van der Waals surface area contributed by atoms with Gasteiger partial charge < -0.3 is 4.90 Å². The first-order valence-electron chi connectivity index (χ1n) is 8.18. The van der Waals surface area contributed by atoms with Crippen LogP contribution in [-0.4, -0.2) is 35.8 Å². The number of amides is 1. The normalized spacial score (nSPS) is 11.1. The zero-order valence-corrected chi connectivity index (χ0v) is 15.6. The molecule has 0 radical (unpaired) electrons. The Kier molecular flexibility index (Phi) is 5.52. The molecular weight excluding hydrogens is 366 g/mol. The Bertz CT molecular complexity index is 1060. The van der Waals surface area contributed by atoms with Crippen molar-refractivity contribution in [3.8, 4) is 0 Å². The van der Waals surface area contributed by atoms with Crippen molar-refractivity contribution in [2.24, 2.45) is 5.10 Å². The number of carbonyl (C=O) groups is 1. The summed E-state index contributed by atoms with van der Waals surface area (Å²) < 4.78 is 1.22. The molecule has 138 valence electrons. The summed E-state index contributed by atoms with van der Waals surface area (Å²) in [5.41, 5.74) is 4.52. The number of fused-ring (bicyclic) bond motifs is 1. The number of anilines is 1. The van der Waals surface area contributed by atoms with E-state index in [1.807, 2.05) is 43.3 Å². The fraction of sp³-hybridized carbons (Fsp3) is 0.158. The summed E-state index contributed by atoms with van der Waals surface area (Å²) in [5, 5.41) is 4.72. The number of halogens is 1. The van der Waals surface area contributed by atoms with Crippen LogP contribution in [0.25, 0.3) is 10.9 Å². The molecule has 0 aliphatic carbocycles. The predicted octanol–water partition coefficient (Wildman–Crippen LogP) is 2.27. The Labute approximate surface area is 160 Å². The van der Waals surface area contributed by atoms with Crippen LogP contribution in [0.1, 0.15) is 5.56 Å². The molecule has 8 heteroatoms. The van der Waals surface area contributed by atoms with Gasteiger partial charge in [-0.2, -0.15) is 5.10 Å². The first kappa shape index (κ1) is 18.6. The molecule has 27 heavy (non-hydrogen) atoms. The summed E-state index contributed by atoms with van der Waals surface area (Å²) in [4.78, 5) is 30.7. The number of rotatable bonds is 5. The highest BCUT2D eigenvalue weighted by Gasteiger charge is 2.08. The molecule has 1 amide bonds. The fourth-order valence-corrected chi connectivity index (χ4v) is 2.64. The van der Waals surface area contributed by atoms with Crippen molar-refractivity contribution >= 4 is 40.3 Å². The van der Waals surface area contributed by atoms with E-state index in [0.717, 1.165) is 11.3 Å². The number of benzene rings is 2. The SMILES string of the molecule is CN(C)c1ccc(/C=N/NC(=O)Cn2cnc3ccc(Cl)cc3c2=O)cc1. The van der Waals surface area contributed by atoms with Gasteiger partial charge in [0.2, 0.25) is 0 Å². The Hall–Kier alpha value is -3.19. The molecule has 0 saturated carbocycles. The van der Waals surface area contributed by atoms with Gasteiger partial charge >= 0.3 is 0 Å². The molecule has 3 aromatic rings. The third-order valence-electron chi connectivity index (χ3n) is 3.91. The van der Waals surface area contributed by atoms with Crippen LogP contribution in [0, 0.1) is 0 Å². The van der Waals surface area contributed by atoms with Crippen molar-refractivity contribution in [3.05, 3.63) is 69.7 Å². The van der Waals surface area contributed by atoms with E-state index in [9.17, 15) is 9.59 Å². The first-order valence-corrected chi connectivity index (χ1v) is 8.56. The zero-order valence-electron chi connectivity index (χ0n) is 14.9. The molecule has 0 fully saturated rings. The molecule has 0 saturated heterocycles. The molecule has 1 N–H and O–H groups in total. The lowest BCUT2D eigenvalue weighted by atomic mass is 10.2. The molecule has 2 aromatic carbocycles. The Balaban J connectivity index is 1.66. The summed E-state index contributed by atoms with van der Waals surface area (Å²) in [7, 11) is 3.92. The third kappa shape index (κ3) is 4.51. The van der Waals surface area contributed by atoms with Gasteiger partial charge in [0, 0.05) is 24.8 Å². The van der Waals surface area contributed by atoms with Crippen LogP contribution in [0.4, 0.5) is 5.69 Å². The molecule has 7 nitrogen and oxygen atoms in total. The smallest absolute Gasteiger partial charge is 0.261 e. The van der Waals surface area contributed by atoms with Gasteiger partial charge in [-0.15, -0.1) is 0 Å².